The van der Waals surface area contributed by atoms with Crippen molar-refractivity contribution < 1.29 is 13.6 Å². The predicted octanol–water partition coefficient (Wildman–Crippen LogP) is 0.495. The number of rotatable bonds is 5. The van der Waals surface area contributed by atoms with Gasteiger partial charge in [-0.05, 0) is 6.42 Å². The van der Waals surface area contributed by atoms with Crippen LogP contribution < -0.4 is 11.1 Å². The molecule has 0 aromatic heterocycles. The van der Waals surface area contributed by atoms with Gasteiger partial charge >= 0.3 is 0 Å². The van der Waals surface area contributed by atoms with Crippen LogP contribution in [0.25, 0.3) is 0 Å². The second kappa shape index (κ2) is 5.88. The Morgan fingerprint density at radius 1 is 1.58 bits per heavy atom. The van der Waals surface area contributed by atoms with Crippen molar-refractivity contribution in [3.05, 3.63) is 0 Å². The van der Waals surface area contributed by atoms with Crippen molar-refractivity contribution in [1.29, 1.82) is 0 Å². The summed E-state index contributed by atoms with van der Waals surface area (Å²) in [5.41, 5.74) is 5.36. The Labute approximate surface area is 70.3 Å². The lowest BCUT2D eigenvalue weighted by atomic mass is 10.2. The average molecular weight is 180 g/mol. The molecular formula is C7H14F2N2O. The van der Waals surface area contributed by atoms with E-state index in [0.29, 0.717) is 6.42 Å². The van der Waals surface area contributed by atoms with Gasteiger partial charge in [0.2, 0.25) is 5.91 Å². The summed E-state index contributed by atoms with van der Waals surface area (Å²) in [5.74, 6) is -0.503. The number of hydrogen-bond donors (Lipinski definition) is 2. The summed E-state index contributed by atoms with van der Waals surface area (Å²) >= 11 is 0. The van der Waals surface area contributed by atoms with Crippen LogP contribution in [0, 0.1) is 0 Å². The molecule has 0 radical (unpaired) electrons. The van der Waals surface area contributed by atoms with Crippen LogP contribution >= 0.6 is 0 Å². The first-order valence-electron chi connectivity index (χ1n) is 3.89. The monoisotopic (exact) mass is 180 g/mol. The highest BCUT2D eigenvalue weighted by Crippen LogP contribution is 1.94. The number of halogens is 2. The predicted molar refractivity (Wildman–Crippen MR) is 41.9 cm³/mol. The summed E-state index contributed by atoms with van der Waals surface area (Å²) in [7, 11) is 0. The molecule has 0 saturated heterocycles. The molecule has 0 aliphatic heterocycles. The fourth-order valence-electron chi connectivity index (χ4n) is 0.751. The summed E-state index contributed by atoms with van der Waals surface area (Å²) in [6, 6.07) is -0.659. The van der Waals surface area contributed by atoms with Gasteiger partial charge in [0.1, 0.15) is 0 Å². The first-order chi connectivity index (χ1) is 5.57. The maximum absolute atomic E-state index is 11.6. The summed E-state index contributed by atoms with van der Waals surface area (Å²) in [4.78, 5) is 10.9. The molecule has 0 rings (SSSR count). The average Bonchev–Trinajstić information content (AvgIpc) is 2.00. The molecule has 0 unspecified atom stereocenters. The van der Waals surface area contributed by atoms with Crippen molar-refractivity contribution in [2.45, 2.75) is 32.2 Å². The van der Waals surface area contributed by atoms with Gasteiger partial charge in [0, 0.05) is 0 Å². The third-order valence-electron chi connectivity index (χ3n) is 1.37. The van der Waals surface area contributed by atoms with E-state index in [4.69, 9.17) is 5.73 Å². The molecule has 0 aliphatic carbocycles. The lowest BCUT2D eigenvalue weighted by Gasteiger charge is -2.10. The van der Waals surface area contributed by atoms with E-state index in [2.05, 4.69) is 5.32 Å². The standard InChI is InChI=1S/C7H14F2N2O/c1-2-3-5(10)7(12)11-4-6(8)9/h5-6H,2-4,10H2,1H3,(H,11,12)/t5-/m0/s1. The van der Waals surface area contributed by atoms with Gasteiger partial charge in [-0.2, -0.15) is 0 Å². The molecule has 1 atom stereocenters. The van der Waals surface area contributed by atoms with E-state index < -0.39 is 24.9 Å². The molecule has 3 N–H and O–H groups in total. The van der Waals surface area contributed by atoms with Crippen molar-refractivity contribution in [1.82, 2.24) is 5.32 Å². The van der Waals surface area contributed by atoms with E-state index in [9.17, 15) is 13.6 Å². The molecule has 0 heterocycles. The first-order valence-corrected chi connectivity index (χ1v) is 3.89. The van der Waals surface area contributed by atoms with E-state index >= 15 is 0 Å². The SMILES string of the molecule is CCC[C@H](N)C(=O)NCC(F)F. The minimum atomic E-state index is -2.51. The van der Waals surface area contributed by atoms with Crippen LogP contribution in [0.5, 0.6) is 0 Å². The molecule has 72 valence electrons. The lowest BCUT2D eigenvalue weighted by Crippen LogP contribution is -2.42. The van der Waals surface area contributed by atoms with E-state index in [1.807, 2.05) is 6.92 Å². The van der Waals surface area contributed by atoms with Gasteiger partial charge in [0.05, 0.1) is 12.6 Å². The van der Waals surface area contributed by atoms with Gasteiger partial charge in [-0.1, -0.05) is 13.3 Å². The van der Waals surface area contributed by atoms with Crippen LogP contribution in [0.15, 0.2) is 0 Å². The van der Waals surface area contributed by atoms with Gasteiger partial charge in [-0.3, -0.25) is 4.79 Å². The minimum Gasteiger partial charge on any atom is -0.349 e. The first kappa shape index (κ1) is 11.3. The van der Waals surface area contributed by atoms with Crippen molar-refractivity contribution in [2.75, 3.05) is 6.54 Å². The Hall–Kier alpha value is -0.710. The zero-order chi connectivity index (χ0) is 9.56. The van der Waals surface area contributed by atoms with Crippen LogP contribution in [-0.2, 0) is 4.79 Å². The maximum atomic E-state index is 11.6. The number of hydrogen-bond acceptors (Lipinski definition) is 2. The fraction of sp³-hybridized carbons (Fsp3) is 0.857. The van der Waals surface area contributed by atoms with Crippen LogP contribution in [0.4, 0.5) is 8.78 Å². The second-order valence-corrected chi connectivity index (χ2v) is 2.53. The molecule has 3 nitrogen and oxygen atoms in total. The molecule has 0 aromatic carbocycles. The molecule has 0 fully saturated rings. The molecule has 12 heavy (non-hydrogen) atoms. The number of carbonyl (C=O) groups is 1. The van der Waals surface area contributed by atoms with Crippen LogP contribution in [0.2, 0.25) is 0 Å². The third kappa shape index (κ3) is 5.01. The Kier molecular flexibility index (Phi) is 5.53. The summed E-state index contributed by atoms with van der Waals surface area (Å²) in [6.45, 7) is 1.26. The normalized spacial score (nSPS) is 13.1. The van der Waals surface area contributed by atoms with Crippen LogP contribution in [0.3, 0.4) is 0 Å². The Morgan fingerprint density at radius 2 is 2.17 bits per heavy atom. The van der Waals surface area contributed by atoms with E-state index in [1.165, 1.54) is 0 Å². The lowest BCUT2D eigenvalue weighted by molar-refractivity contribution is -0.123. The minimum absolute atomic E-state index is 0.503. The van der Waals surface area contributed by atoms with E-state index in [-0.39, 0.29) is 0 Å². The van der Waals surface area contributed by atoms with Crippen LogP contribution in [0.1, 0.15) is 19.8 Å². The highest BCUT2D eigenvalue weighted by Gasteiger charge is 2.13. The molecule has 1 amide bonds. The van der Waals surface area contributed by atoms with E-state index in [0.717, 1.165) is 6.42 Å². The summed E-state index contributed by atoms with van der Waals surface area (Å²) < 4.78 is 23.2. The molecule has 0 aromatic rings. The highest BCUT2D eigenvalue weighted by atomic mass is 19.3. The topological polar surface area (TPSA) is 55.1 Å². The number of nitrogens with one attached hydrogen (secondary N) is 1. The van der Waals surface area contributed by atoms with Gasteiger partial charge in [-0.15, -0.1) is 0 Å². The molecule has 0 saturated carbocycles. The Morgan fingerprint density at radius 3 is 2.58 bits per heavy atom. The van der Waals surface area contributed by atoms with Gasteiger partial charge in [-0.25, -0.2) is 8.78 Å². The number of carbonyl (C=O) groups excluding carboxylic acids is 1. The van der Waals surface area contributed by atoms with Gasteiger partial charge < -0.3 is 11.1 Å². The third-order valence-corrected chi connectivity index (χ3v) is 1.37. The molecule has 0 aliphatic rings. The smallest absolute Gasteiger partial charge is 0.255 e. The van der Waals surface area contributed by atoms with Crippen molar-refractivity contribution in [2.24, 2.45) is 5.73 Å². The molecule has 5 heteroatoms. The zero-order valence-electron chi connectivity index (χ0n) is 7.02. The van der Waals surface area contributed by atoms with Crippen molar-refractivity contribution in [3.63, 3.8) is 0 Å². The second-order valence-electron chi connectivity index (χ2n) is 2.53. The Bertz CT molecular complexity index is 141. The van der Waals surface area contributed by atoms with Crippen molar-refractivity contribution in [3.8, 4) is 0 Å². The maximum Gasteiger partial charge on any atom is 0.255 e. The number of alkyl halides is 2. The quantitative estimate of drug-likeness (QED) is 0.647. The number of amides is 1. The van der Waals surface area contributed by atoms with Gasteiger partial charge in [0.25, 0.3) is 6.43 Å². The van der Waals surface area contributed by atoms with Gasteiger partial charge in [0.15, 0.2) is 0 Å². The Balaban J connectivity index is 3.57. The zero-order valence-corrected chi connectivity index (χ0v) is 7.02. The van der Waals surface area contributed by atoms with E-state index in [1.54, 1.807) is 0 Å². The fourth-order valence-corrected chi connectivity index (χ4v) is 0.751. The van der Waals surface area contributed by atoms with Crippen LogP contribution in [-0.4, -0.2) is 24.9 Å². The molecule has 0 bridgehead atoms. The van der Waals surface area contributed by atoms with Crippen molar-refractivity contribution >= 4 is 5.91 Å². The number of nitrogens with two attached hydrogens (primary N) is 1. The molecular weight excluding hydrogens is 166 g/mol. The largest absolute Gasteiger partial charge is 0.349 e. The molecule has 0 spiro atoms. The highest BCUT2D eigenvalue weighted by molar-refractivity contribution is 5.81. The summed E-state index contributed by atoms with van der Waals surface area (Å²) in [6.07, 6.45) is -1.22. The summed E-state index contributed by atoms with van der Waals surface area (Å²) in [5, 5.41) is 2.05.